The Bertz CT molecular complexity index is 516. The van der Waals surface area contributed by atoms with Crippen molar-refractivity contribution in [3.8, 4) is 6.07 Å². The van der Waals surface area contributed by atoms with Gasteiger partial charge >= 0.3 is 0 Å². The van der Waals surface area contributed by atoms with Gasteiger partial charge in [-0.05, 0) is 62.1 Å². The summed E-state index contributed by atoms with van der Waals surface area (Å²) in [6.07, 6.45) is 10.7. The van der Waals surface area contributed by atoms with E-state index in [-0.39, 0.29) is 5.56 Å². The zero-order valence-electron chi connectivity index (χ0n) is 11.8. The fourth-order valence-electron chi connectivity index (χ4n) is 3.94. The van der Waals surface area contributed by atoms with Crippen LogP contribution in [0, 0.1) is 22.6 Å². The minimum atomic E-state index is -0.438. The number of hydrogen-bond donors (Lipinski definition) is 1. The Hall–Kier alpha value is -1.56. The molecule has 2 aliphatic carbocycles. The van der Waals surface area contributed by atoms with E-state index < -0.39 is 5.82 Å². The molecule has 1 aromatic rings. The van der Waals surface area contributed by atoms with Crippen LogP contribution in [-0.2, 0) is 0 Å². The highest BCUT2D eigenvalue weighted by Crippen LogP contribution is 2.49. The molecule has 2 aliphatic rings. The summed E-state index contributed by atoms with van der Waals surface area (Å²) in [5, 5.41) is 12.3. The molecular formula is C17H21FN2. The fraction of sp³-hybridized carbons (Fsp3) is 0.588. The number of hydrogen-bond acceptors (Lipinski definition) is 2. The number of halogens is 1. The summed E-state index contributed by atoms with van der Waals surface area (Å²) in [7, 11) is 0. The van der Waals surface area contributed by atoms with Gasteiger partial charge in [0.25, 0.3) is 0 Å². The van der Waals surface area contributed by atoms with E-state index in [2.05, 4.69) is 5.32 Å². The highest BCUT2D eigenvalue weighted by molar-refractivity contribution is 5.50. The van der Waals surface area contributed by atoms with Crippen molar-refractivity contribution in [3.05, 3.63) is 29.6 Å². The Labute approximate surface area is 120 Å². The lowest BCUT2D eigenvalue weighted by atomic mass is 9.71. The molecule has 0 heterocycles. The second kappa shape index (κ2) is 5.44. The van der Waals surface area contributed by atoms with Gasteiger partial charge in [0, 0.05) is 11.7 Å². The van der Waals surface area contributed by atoms with Gasteiger partial charge in [-0.15, -0.1) is 0 Å². The predicted octanol–water partition coefficient (Wildman–Crippen LogP) is 4.61. The van der Waals surface area contributed by atoms with Crippen LogP contribution in [0.3, 0.4) is 0 Å². The number of nitriles is 1. The molecule has 0 amide bonds. The summed E-state index contributed by atoms with van der Waals surface area (Å²) in [5.74, 6) is -0.438. The number of anilines is 1. The summed E-state index contributed by atoms with van der Waals surface area (Å²) >= 11 is 0. The van der Waals surface area contributed by atoms with E-state index in [1.54, 1.807) is 12.1 Å². The molecule has 106 valence electrons. The maximum Gasteiger partial charge on any atom is 0.141 e. The molecule has 3 heteroatoms. The van der Waals surface area contributed by atoms with Gasteiger partial charge in [0.05, 0.1) is 5.56 Å². The van der Waals surface area contributed by atoms with Gasteiger partial charge in [-0.2, -0.15) is 5.26 Å². The Morgan fingerprint density at radius 3 is 2.50 bits per heavy atom. The molecule has 0 radical (unpaired) electrons. The van der Waals surface area contributed by atoms with E-state index in [1.165, 1.54) is 57.4 Å². The normalized spacial score (nSPS) is 21.8. The van der Waals surface area contributed by atoms with Gasteiger partial charge in [0.1, 0.15) is 11.9 Å². The molecule has 2 saturated carbocycles. The molecule has 1 N–H and O–H groups in total. The van der Waals surface area contributed by atoms with Crippen LogP contribution in [0.4, 0.5) is 10.1 Å². The van der Waals surface area contributed by atoms with Crippen molar-refractivity contribution in [1.29, 1.82) is 5.26 Å². The average molecular weight is 272 g/mol. The van der Waals surface area contributed by atoms with Crippen LogP contribution in [0.2, 0.25) is 0 Å². The smallest absolute Gasteiger partial charge is 0.141 e. The fourth-order valence-corrected chi connectivity index (χ4v) is 3.94. The maximum atomic E-state index is 13.3. The van der Waals surface area contributed by atoms with E-state index in [9.17, 15) is 4.39 Å². The van der Waals surface area contributed by atoms with Gasteiger partial charge in [0.15, 0.2) is 0 Å². The molecule has 2 fully saturated rings. The quantitative estimate of drug-likeness (QED) is 0.853. The lowest BCUT2D eigenvalue weighted by Gasteiger charge is -2.37. The third kappa shape index (κ3) is 2.65. The van der Waals surface area contributed by atoms with Crippen molar-refractivity contribution in [2.75, 3.05) is 5.32 Å². The monoisotopic (exact) mass is 272 g/mol. The highest BCUT2D eigenvalue weighted by Gasteiger charge is 2.37. The van der Waals surface area contributed by atoms with Crippen molar-refractivity contribution in [2.45, 2.75) is 57.4 Å². The standard InChI is InChI=1S/C17H21FN2/c18-16-4-3-15(11-13(16)12-19)20-14-5-9-17(10-6-14)7-1-2-8-17/h3-4,11,14,20H,1-2,5-10H2. The molecule has 0 saturated heterocycles. The third-order valence-electron chi connectivity index (χ3n) is 5.17. The van der Waals surface area contributed by atoms with Crippen LogP contribution in [0.25, 0.3) is 0 Å². The second-order valence-electron chi connectivity index (χ2n) is 6.43. The second-order valence-corrected chi connectivity index (χ2v) is 6.43. The summed E-state index contributed by atoms with van der Waals surface area (Å²) in [4.78, 5) is 0. The molecule has 2 nitrogen and oxygen atoms in total. The van der Waals surface area contributed by atoms with Crippen molar-refractivity contribution in [1.82, 2.24) is 0 Å². The van der Waals surface area contributed by atoms with E-state index in [0.29, 0.717) is 11.5 Å². The zero-order chi connectivity index (χ0) is 14.0. The Morgan fingerprint density at radius 2 is 1.85 bits per heavy atom. The van der Waals surface area contributed by atoms with Crippen LogP contribution in [-0.4, -0.2) is 6.04 Å². The first-order chi connectivity index (χ1) is 9.71. The van der Waals surface area contributed by atoms with Gasteiger partial charge in [-0.3, -0.25) is 0 Å². The molecule has 0 unspecified atom stereocenters. The number of nitrogens with one attached hydrogen (secondary N) is 1. The van der Waals surface area contributed by atoms with Crippen molar-refractivity contribution < 1.29 is 4.39 Å². The first-order valence-corrected chi connectivity index (χ1v) is 7.67. The first-order valence-electron chi connectivity index (χ1n) is 7.67. The maximum absolute atomic E-state index is 13.3. The van der Waals surface area contributed by atoms with Crippen molar-refractivity contribution in [3.63, 3.8) is 0 Å². The zero-order valence-corrected chi connectivity index (χ0v) is 11.8. The molecule has 1 aromatic carbocycles. The molecular weight excluding hydrogens is 251 g/mol. The number of benzene rings is 1. The molecule has 1 spiro atoms. The summed E-state index contributed by atoms with van der Waals surface area (Å²) in [6.45, 7) is 0. The van der Waals surface area contributed by atoms with E-state index in [1.807, 2.05) is 6.07 Å². The first kappa shape index (κ1) is 13.4. The predicted molar refractivity (Wildman–Crippen MR) is 77.9 cm³/mol. The van der Waals surface area contributed by atoms with E-state index >= 15 is 0 Å². The lowest BCUT2D eigenvalue weighted by Crippen LogP contribution is -2.31. The highest BCUT2D eigenvalue weighted by atomic mass is 19.1. The van der Waals surface area contributed by atoms with Gasteiger partial charge in [0.2, 0.25) is 0 Å². The third-order valence-corrected chi connectivity index (χ3v) is 5.17. The Balaban J connectivity index is 1.61. The minimum absolute atomic E-state index is 0.123. The van der Waals surface area contributed by atoms with Crippen LogP contribution in [0.15, 0.2) is 18.2 Å². The Morgan fingerprint density at radius 1 is 1.15 bits per heavy atom. The minimum Gasteiger partial charge on any atom is -0.382 e. The molecule has 20 heavy (non-hydrogen) atoms. The Kier molecular flexibility index (Phi) is 3.65. The lowest BCUT2D eigenvalue weighted by molar-refractivity contribution is 0.188. The van der Waals surface area contributed by atoms with Crippen LogP contribution in [0.5, 0.6) is 0 Å². The van der Waals surface area contributed by atoms with Crippen LogP contribution >= 0.6 is 0 Å². The van der Waals surface area contributed by atoms with E-state index in [0.717, 1.165) is 5.69 Å². The van der Waals surface area contributed by atoms with Crippen molar-refractivity contribution >= 4 is 5.69 Å². The molecule has 3 rings (SSSR count). The molecule has 0 aromatic heterocycles. The summed E-state index contributed by atoms with van der Waals surface area (Å²) in [5.41, 5.74) is 1.63. The SMILES string of the molecule is N#Cc1cc(NC2CCC3(CCCC3)CC2)ccc1F. The van der Waals surface area contributed by atoms with Crippen molar-refractivity contribution in [2.24, 2.45) is 5.41 Å². The largest absolute Gasteiger partial charge is 0.382 e. The summed E-state index contributed by atoms with van der Waals surface area (Å²) in [6, 6.07) is 7.10. The summed E-state index contributed by atoms with van der Waals surface area (Å²) < 4.78 is 13.3. The number of rotatable bonds is 2. The molecule has 0 atom stereocenters. The van der Waals surface area contributed by atoms with Crippen LogP contribution in [0.1, 0.15) is 56.9 Å². The van der Waals surface area contributed by atoms with Gasteiger partial charge < -0.3 is 5.32 Å². The van der Waals surface area contributed by atoms with Crippen LogP contribution < -0.4 is 5.32 Å². The van der Waals surface area contributed by atoms with E-state index in [4.69, 9.17) is 5.26 Å². The topological polar surface area (TPSA) is 35.8 Å². The molecule has 0 bridgehead atoms. The number of nitrogens with zero attached hydrogens (tertiary/aromatic N) is 1. The van der Waals surface area contributed by atoms with Gasteiger partial charge in [-0.25, -0.2) is 4.39 Å². The van der Waals surface area contributed by atoms with Gasteiger partial charge in [-0.1, -0.05) is 12.8 Å². The average Bonchev–Trinajstić information content (AvgIpc) is 2.92. The molecule has 0 aliphatic heterocycles.